The lowest BCUT2D eigenvalue weighted by atomic mass is 9.88. The maximum atomic E-state index is 9.60. The van der Waals surface area contributed by atoms with Gasteiger partial charge in [-0.3, -0.25) is 5.32 Å². The van der Waals surface area contributed by atoms with Gasteiger partial charge in [-0.25, -0.2) is 0 Å². The van der Waals surface area contributed by atoms with Crippen LogP contribution >= 0.6 is 11.8 Å². The normalized spacial score (nSPS) is 14.2. The molecule has 0 heterocycles. The molecule has 0 aromatic heterocycles. The minimum Gasteiger partial charge on any atom is -0.296 e. The van der Waals surface area contributed by atoms with E-state index >= 15 is 0 Å². The molecule has 0 saturated carbocycles. The van der Waals surface area contributed by atoms with Crippen molar-refractivity contribution in [3.8, 4) is 6.07 Å². The second-order valence-corrected chi connectivity index (χ2v) is 6.27. The van der Waals surface area contributed by atoms with Gasteiger partial charge in [0, 0.05) is 0 Å². The molecule has 0 amide bonds. The number of rotatable bonds is 7. The van der Waals surface area contributed by atoms with Gasteiger partial charge in [-0.2, -0.15) is 17.0 Å². The Hall–Kier alpha value is -0.980. The van der Waals surface area contributed by atoms with Crippen molar-refractivity contribution in [3.05, 3.63) is 35.9 Å². The van der Waals surface area contributed by atoms with Crippen molar-refractivity contribution < 1.29 is 0 Å². The van der Waals surface area contributed by atoms with Crippen LogP contribution in [0.3, 0.4) is 0 Å². The summed E-state index contributed by atoms with van der Waals surface area (Å²) in [6.07, 6.45) is 0.838. The van der Waals surface area contributed by atoms with Crippen LogP contribution in [-0.2, 0) is 5.54 Å². The van der Waals surface area contributed by atoms with Crippen molar-refractivity contribution in [1.82, 2.24) is 5.32 Å². The molecule has 18 heavy (non-hydrogen) atoms. The number of hydrogen-bond acceptors (Lipinski definition) is 3. The Balaban J connectivity index is 2.85. The van der Waals surface area contributed by atoms with Gasteiger partial charge in [-0.05, 0) is 29.5 Å². The summed E-state index contributed by atoms with van der Waals surface area (Å²) in [4.78, 5) is 0. The zero-order valence-corrected chi connectivity index (χ0v) is 12.3. The van der Waals surface area contributed by atoms with E-state index in [0.717, 1.165) is 24.3 Å². The van der Waals surface area contributed by atoms with Gasteiger partial charge in [-0.1, -0.05) is 51.1 Å². The van der Waals surface area contributed by atoms with Crippen molar-refractivity contribution in [2.45, 2.75) is 38.0 Å². The molecule has 1 aromatic rings. The molecular formula is C15H22N2S. The maximum Gasteiger partial charge on any atom is 0.133 e. The second-order valence-electron chi connectivity index (χ2n) is 4.58. The molecule has 1 unspecified atom stereocenters. The molecule has 0 aliphatic heterocycles. The van der Waals surface area contributed by atoms with E-state index in [1.54, 1.807) is 0 Å². The minimum absolute atomic E-state index is 0.544. The molecule has 0 fully saturated rings. The summed E-state index contributed by atoms with van der Waals surface area (Å²) in [5.41, 5.74) is 0.524. The SMILES string of the molecule is CCNC(C#N)(CCSC(C)C)c1ccccc1. The third kappa shape index (κ3) is 4.04. The van der Waals surface area contributed by atoms with Crippen LogP contribution in [0.1, 0.15) is 32.8 Å². The fourth-order valence-electron chi connectivity index (χ4n) is 1.97. The fraction of sp³-hybridized carbons (Fsp3) is 0.533. The summed E-state index contributed by atoms with van der Waals surface area (Å²) in [5.74, 6) is 0.993. The van der Waals surface area contributed by atoms with Crippen LogP contribution in [0.15, 0.2) is 30.3 Å². The summed E-state index contributed by atoms with van der Waals surface area (Å²) >= 11 is 1.90. The molecule has 1 rings (SSSR count). The Labute approximate surface area is 115 Å². The summed E-state index contributed by atoms with van der Waals surface area (Å²) < 4.78 is 0. The number of hydrogen-bond donors (Lipinski definition) is 1. The molecule has 0 bridgehead atoms. The fourth-order valence-corrected chi connectivity index (χ4v) is 2.86. The van der Waals surface area contributed by atoms with Crippen LogP contribution in [-0.4, -0.2) is 17.5 Å². The van der Waals surface area contributed by atoms with Gasteiger partial charge in [0.05, 0.1) is 6.07 Å². The Bertz CT molecular complexity index is 383. The van der Waals surface area contributed by atoms with Crippen molar-refractivity contribution in [3.63, 3.8) is 0 Å². The van der Waals surface area contributed by atoms with E-state index < -0.39 is 5.54 Å². The lowest BCUT2D eigenvalue weighted by Gasteiger charge is -2.28. The standard InChI is InChI=1S/C15H22N2S/c1-4-17-15(12-16,10-11-18-13(2)3)14-8-6-5-7-9-14/h5-9,13,17H,4,10-11H2,1-3H3. The van der Waals surface area contributed by atoms with Crippen molar-refractivity contribution in [2.24, 2.45) is 0 Å². The van der Waals surface area contributed by atoms with Gasteiger partial charge in [-0.15, -0.1) is 0 Å². The van der Waals surface area contributed by atoms with E-state index in [0.29, 0.717) is 5.25 Å². The highest BCUT2D eigenvalue weighted by molar-refractivity contribution is 7.99. The number of nitrogens with zero attached hydrogens (tertiary/aromatic N) is 1. The molecule has 0 spiro atoms. The summed E-state index contributed by atoms with van der Waals surface area (Å²) in [5, 5.41) is 13.6. The Morgan fingerprint density at radius 1 is 1.33 bits per heavy atom. The number of nitriles is 1. The lowest BCUT2D eigenvalue weighted by molar-refractivity contribution is 0.428. The van der Waals surface area contributed by atoms with Gasteiger partial charge in [0.15, 0.2) is 0 Å². The van der Waals surface area contributed by atoms with E-state index in [9.17, 15) is 5.26 Å². The number of nitrogens with one attached hydrogen (secondary N) is 1. The predicted octanol–water partition coefficient (Wildman–Crippen LogP) is 3.55. The average Bonchev–Trinajstić information content (AvgIpc) is 2.38. The first-order chi connectivity index (χ1) is 8.64. The van der Waals surface area contributed by atoms with Crippen molar-refractivity contribution in [2.75, 3.05) is 12.3 Å². The Morgan fingerprint density at radius 2 is 2.00 bits per heavy atom. The van der Waals surface area contributed by atoms with Gasteiger partial charge in [0.2, 0.25) is 0 Å². The highest BCUT2D eigenvalue weighted by Gasteiger charge is 2.30. The maximum absolute atomic E-state index is 9.60. The van der Waals surface area contributed by atoms with Crippen LogP contribution in [0.25, 0.3) is 0 Å². The number of thioether (sulfide) groups is 1. The monoisotopic (exact) mass is 262 g/mol. The van der Waals surface area contributed by atoms with E-state index in [4.69, 9.17) is 0 Å². The highest BCUT2D eigenvalue weighted by atomic mass is 32.2. The molecule has 0 aliphatic carbocycles. The second kappa shape index (κ2) is 7.45. The molecule has 0 radical (unpaired) electrons. The van der Waals surface area contributed by atoms with E-state index in [-0.39, 0.29) is 0 Å². The van der Waals surface area contributed by atoms with E-state index in [2.05, 4.69) is 25.2 Å². The number of benzene rings is 1. The van der Waals surface area contributed by atoms with Crippen LogP contribution in [0.5, 0.6) is 0 Å². The van der Waals surface area contributed by atoms with Crippen LogP contribution in [0.2, 0.25) is 0 Å². The molecule has 1 atom stereocenters. The van der Waals surface area contributed by atoms with Crippen molar-refractivity contribution >= 4 is 11.8 Å². The first-order valence-corrected chi connectivity index (χ1v) is 7.53. The zero-order chi connectivity index (χ0) is 13.4. The first-order valence-electron chi connectivity index (χ1n) is 6.48. The topological polar surface area (TPSA) is 35.8 Å². The third-order valence-electron chi connectivity index (χ3n) is 2.86. The first kappa shape index (κ1) is 15.1. The summed E-state index contributed by atoms with van der Waals surface area (Å²) in [7, 11) is 0. The van der Waals surface area contributed by atoms with Gasteiger partial charge in [0.1, 0.15) is 5.54 Å². The molecule has 0 saturated heterocycles. The molecule has 1 N–H and O–H groups in total. The highest BCUT2D eigenvalue weighted by Crippen LogP contribution is 2.27. The largest absolute Gasteiger partial charge is 0.296 e. The van der Waals surface area contributed by atoms with Crippen LogP contribution < -0.4 is 5.32 Å². The molecule has 0 aliphatic rings. The molecular weight excluding hydrogens is 240 g/mol. The summed E-state index contributed by atoms with van der Waals surface area (Å²) in [6, 6.07) is 12.5. The molecule has 1 aromatic carbocycles. The summed E-state index contributed by atoms with van der Waals surface area (Å²) in [6.45, 7) is 7.22. The van der Waals surface area contributed by atoms with Crippen LogP contribution in [0, 0.1) is 11.3 Å². The van der Waals surface area contributed by atoms with Gasteiger partial charge < -0.3 is 0 Å². The third-order valence-corrected chi connectivity index (χ3v) is 3.97. The van der Waals surface area contributed by atoms with E-state index in [1.807, 2.05) is 49.0 Å². The van der Waals surface area contributed by atoms with E-state index in [1.165, 1.54) is 0 Å². The minimum atomic E-state index is -0.544. The predicted molar refractivity (Wildman–Crippen MR) is 79.6 cm³/mol. The van der Waals surface area contributed by atoms with Crippen molar-refractivity contribution in [1.29, 1.82) is 5.26 Å². The average molecular weight is 262 g/mol. The Morgan fingerprint density at radius 3 is 2.50 bits per heavy atom. The quantitative estimate of drug-likeness (QED) is 0.816. The van der Waals surface area contributed by atoms with Crippen LogP contribution in [0.4, 0.5) is 0 Å². The van der Waals surface area contributed by atoms with Gasteiger partial charge in [0.25, 0.3) is 0 Å². The lowest BCUT2D eigenvalue weighted by Crippen LogP contribution is -2.41. The smallest absolute Gasteiger partial charge is 0.133 e. The molecule has 2 nitrogen and oxygen atoms in total. The molecule has 3 heteroatoms. The zero-order valence-electron chi connectivity index (χ0n) is 11.4. The molecule has 98 valence electrons. The van der Waals surface area contributed by atoms with Gasteiger partial charge >= 0.3 is 0 Å². The Kier molecular flexibility index (Phi) is 6.24.